The number of amides is 1. The van der Waals surface area contributed by atoms with Crippen LogP contribution in [0.15, 0.2) is 46.9 Å². The summed E-state index contributed by atoms with van der Waals surface area (Å²) in [5.74, 6) is -1.01. The molecule has 0 bridgehead atoms. The van der Waals surface area contributed by atoms with Gasteiger partial charge in [-0.05, 0) is 40.2 Å². The molecule has 1 aromatic heterocycles. The van der Waals surface area contributed by atoms with Gasteiger partial charge in [-0.15, -0.1) is 0 Å². The molecule has 0 saturated heterocycles. The molecular weight excluding hydrogens is 382 g/mol. The molecule has 0 radical (unpaired) electrons. The van der Waals surface area contributed by atoms with Gasteiger partial charge in [-0.25, -0.2) is 4.79 Å². The number of hydrogen-bond acceptors (Lipinski definition) is 6. The number of nitrogens with zero attached hydrogens (tertiary/aromatic N) is 2. The van der Waals surface area contributed by atoms with Gasteiger partial charge in [0.15, 0.2) is 6.61 Å². The molecule has 0 unspecified atom stereocenters. The molecule has 3 rings (SSSR count). The molecule has 0 saturated carbocycles. The normalized spacial score (nSPS) is 10.5. The van der Waals surface area contributed by atoms with Crippen LogP contribution in [0.5, 0.6) is 0 Å². The molecule has 23 heavy (non-hydrogen) atoms. The van der Waals surface area contributed by atoms with Crippen LogP contribution in [0.3, 0.4) is 0 Å². The number of ether oxygens (including phenoxy) is 1. The predicted molar refractivity (Wildman–Crippen MR) is 90.5 cm³/mol. The lowest BCUT2D eigenvalue weighted by molar-refractivity contribution is -0.119. The van der Waals surface area contributed by atoms with Crippen LogP contribution < -0.4 is 5.32 Å². The highest BCUT2D eigenvalue weighted by molar-refractivity contribution is 9.10. The van der Waals surface area contributed by atoms with Gasteiger partial charge in [0, 0.05) is 4.47 Å². The first-order chi connectivity index (χ1) is 11.1. The lowest BCUT2D eigenvalue weighted by Crippen LogP contribution is -2.21. The Morgan fingerprint density at radius 2 is 1.96 bits per heavy atom. The molecular formula is C15H10BrN3O3S. The molecule has 1 amide bonds. The Morgan fingerprint density at radius 3 is 2.78 bits per heavy atom. The van der Waals surface area contributed by atoms with Crippen molar-refractivity contribution in [2.75, 3.05) is 11.9 Å². The van der Waals surface area contributed by atoms with E-state index in [1.165, 1.54) is 0 Å². The standard InChI is InChI=1S/C15H10BrN3O3S/c16-10-5-2-1-4-9(10)15(21)22-8-13(20)17-11-6-3-7-12-14(11)19-23-18-12/h1-7H,8H2,(H,17,20). The van der Waals surface area contributed by atoms with Gasteiger partial charge in [0.2, 0.25) is 0 Å². The topological polar surface area (TPSA) is 81.2 Å². The summed E-state index contributed by atoms with van der Waals surface area (Å²) in [5.41, 5.74) is 2.23. The van der Waals surface area contributed by atoms with Gasteiger partial charge in [0.05, 0.1) is 23.0 Å². The molecule has 3 aromatic rings. The molecule has 0 atom stereocenters. The monoisotopic (exact) mass is 391 g/mol. The lowest BCUT2D eigenvalue weighted by Gasteiger charge is -2.07. The third-order valence-corrected chi connectivity index (χ3v) is 4.22. The van der Waals surface area contributed by atoms with Crippen LogP contribution in [0.25, 0.3) is 11.0 Å². The summed E-state index contributed by atoms with van der Waals surface area (Å²) in [6.07, 6.45) is 0. The Kier molecular flexibility index (Phi) is 4.63. The van der Waals surface area contributed by atoms with Gasteiger partial charge in [0.1, 0.15) is 11.0 Å². The van der Waals surface area contributed by atoms with Crippen molar-refractivity contribution < 1.29 is 14.3 Å². The molecule has 0 aliphatic heterocycles. The Morgan fingerprint density at radius 1 is 1.13 bits per heavy atom. The van der Waals surface area contributed by atoms with Gasteiger partial charge in [-0.2, -0.15) is 8.75 Å². The molecule has 0 aliphatic carbocycles. The molecule has 0 fully saturated rings. The number of carbonyl (C=O) groups is 2. The number of carbonyl (C=O) groups excluding carboxylic acids is 2. The summed E-state index contributed by atoms with van der Waals surface area (Å²) in [6.45, 7) is -0.381. The number of anilines is 1. The van der Waals surface area contributed by atoms with Crippen molar-refractivity contribution in [1.29, 1.82) is 0 Å². The van der Waals surface area contributed by atoms with Crippen molar-refractivity contribution in [3.63, 3.8) is 0 Å². The van der Waals surface area contributed by atoms with Gasteiger partial charge in [-0.1, -0.05) is 18.2 Å². The summed E-state index contributed by atoms with van der Waals surface area (Å²) in [7, 11) is 0. The van der Waals surface area contributed by atoms with E-state index in [9.17, 15) is 9.59 Å². The quantitative estimate of drug-likeness (QED) is 0.690. The molecule has 8 heteroatoms. The number of hydrogen-bond donors (Lipinski definition) is 1. The number of benzene rings is 2. The van der Waals surface area contributed by atoms with Crippen LogP contribution in [0.4, 0.5) is 5.69 Å². The highest BCUT2D eigenvalue weighted by Crippen LogP contribution is 2.21. The molecule has 116 valence electrons. The van der Waals surface area contributed by atoms with E-state index in [4.69, 9.17) is 4.74 Å². The van der Waals surface area contributed by atoms with Crippen LogP contribution in [-0.4, -0.2) is 27.2 Å². The maximum absolute atomic E-state index is 12.0. The lowest BCUT2D eigenvalue weighted by atomic mass is 10.2. The van der Waals surface area contributed by atoms with Crippen LogP contribution in [-0.2, 0) is 9.53 Å². The van der Waals surface area contributed by atoms with E-state index in [0.29, 0.717) is 26.8 Å². The van der Waals surface area contributed by atoms with Gasteiger partial charge >= 0.3 is 5.97 Å². The number of fused-ring (bicyclic) bond motifs is 1. The Labute approximate surface area is 143 Å². The van der Waals surface area contributed by atoms with E-state index in [-0.39, 0.29) is 6.61 Å². The molecule has 1 heterocycles. The average Bonchev–Trinajstić information content (AvgIpc) is 3.03. The first-order valence-corrected chi connectivity index (χ1v) is 8.10. The summed E-state index contributed by atoms with van der Waals surface area (Å²) in [6, 6.07) is 12.2. The minimum absolute atomic E-state index is 0.367. The van der Waals surface area contributed by atoms with Crippen LogP contribution in [0, 0.1) is 0 Å². The zero-order valence-corrected chi connectivity index (χ0v) is 14.1. The zero-order chi connectivity index (χ0) is 16.2. The van der Waals surface area contributed by atoms with Crippen molar-refractivity contribution >= 4 is 56.3 Å². The Bertz CT molecular complexity index is 881. The maximum atomic E-state index is 12.0. The second-order valence-corrected chi connectivity index (χ2v) is 5.92. The van der Waals surface area contributed by atoms with Crippen molar-refractivity contribution in [1.82, 2.24) is 8.75 Å². The van der Waals surface area contributed by atoms with Crippen molar-refractivity contribution in [2.24, 2.45) is 0 Å². The Hall–Kier alpha value is -2.32. The van der Waals surface area contributed by atoms with E-state index in [2.05, 4.69) is 30.0 Å². The molecule has 0 spiro atoms. The predicted octanol–water partition coefficient (Wildman–Crippen LogP) is 3.25. The molecule has 2 aromatic carbocycles. The van der Waals surface area contributed by atoms with Gasteiger partial charge in [-0.3, -0.25) is 4.79 Å². The summed E-state index contributed by atoms with van der Waals surface area (Å²) >= 11 is 4.33. The van der Waals surface area contributed by atoms with Crippen molar-refractivity contribution in [2.45, 2.75) is 0 Å². The van der Waals surface area contributed by atoms with Crippen LogP contribution in [0.2, 0.25) is 0 Å². The van der Waals surface area contributed by atoms with Crippen molar-refractivity contribution in [3.05, 3.63) is 52.5 Å². The van der Waals surface area contributed by atoms with Gasteiger partial charge < -0.3 is 10.1 Å². The first kappa shape index (κ1) is 15.6. The highest BCUT2D eigenvalue weighted by Gasteiger charge is 2.14. The van der Waals surface area contributed by atoms with Gasteiger partial charge in [0.25, 0.3) is 5.91 Å². The molecule has 0 aliphatic rings. The third kappa shape index (κ3) is 3.54. The largest absolute Gasteiger partial charge is 0.452 e. The van der Waals surface area contributed by atoms with E-state index < -0.39 is 11.9 Å². The molecule has 1 N–H and O–H groups in total. The van der Waals surface area contributed by atoms with E-state index in [1.807, 2.05) is 0 Å². The summed E-state index contributed by atoms with van der Waals surface area (Å²) in [4.78, 5) is 23.9. The minimum atomic E-state index is -0.568. The van der Waals surface area contributed by atoms with Crippen LogP contribution >= 0.6 is 27.7 Å². The number of rotatable bonds is 4. The fourth-order valence-corrected chi connectivity index (χ4v) is 2.93. The fourth-order valence-electron chi connectivity index (χ4n) is 1.93. The first-order valence-electron chi connectivity index (χ1n) is 6.58. The minimum Gasteiger partial charge on any atom is -0.452 e. The third-order valence-electron chi connectivity index (χ3n) is 2.99. The Balaban J connectivity index is 1.63. The summed E-state index contributed by atoms with van der Waals surface area (Å²) < 4.78 is 13.9. The average molecular weight is 392 g/mol. The van der Waals surface area contributed by atoms with E-state index >= 15 is 0 Å². The number of esters is 1. The maximum Gasteiger partial charge on any atom is 0.339 e. The second-order valence-electron chi connectivity index (χ2n) is 4.54. The smallest absolute Gasteiger partial charge is 0.339 e. The van der Waals surface area contributed by atoms with Crippen LogP contribution in [0.1, 0.15) is 10.4 Å². The summed E-state index contributed by atoms with van der Waals surface area (Å²) in [5, 5.41) is 2.67. The number of aromatic nitrogens is 2. The van der Waals surface area contributed by atoms with Crippen molar-refractivity contribution in [3.8, 4) is 0 Å². The molecule has 6 nitrogen and oxygen atoms in total. The fraction of sp³-hybridized carbons (Fsp3) is 0.0667. The zero-order valence-electron chi connectivity index (χ0n) is 11.7. The number of halogens is 1. The second kappa shape index (κ2) is 6.84. The van der Waals surface area contributed by atoms with E-state index in [0.717, 1.165) is 11.7 Å². The van der Waals surface area contributed by atoms with E-state index in [1.54, 1.807) is 42.5 Å². The number of nitrogens with one attached hydrogen (secondary N) is 1. The SMILES string of the molecule is O=C(COC(=O)c1ccccc1Br)Nc1cccc2nsnc12. The highest BCUT2D eigenvalue weighted by atomic mass is 79.9.